The van der Waals surface area contributed by atoms with E-state index in [1.165, 1.54) is 22.3 Å². The van der Waals surface area contributed by atoms with Gasteiger partial charge in [0, 0.05) is 18.6 Å². The molecule has 0 saturated heterocycles. The summed E-state index contributed by atoms with van der Waals surface area (Å²) in [6.07, 6.45) is 0. The fourth-order valence-corrected chi connectivity index (χ4v) is 1.13. The van der Waals surface area contributed by atoms with Gasteiger partial charge in [0.05, 0.1) is 0 Å². The van der Waals surface area contributed by atoms with E-state index in [0.29, 0.717) is 0 Å². The molecule has 0 atom stereocenters. The molecule has 0 fully saturated rings. The van der Waals surface area contributed by atoms with Crippen LogP contribution in [0.3, 0.4) is 0 Å². The molecule has 0 N–H and O–H groups in total. The van der Waals surface area contributed by atoms with E-state index in [1.807, 2.05) is 0 Å². The summed E-state index contributed by atoms with van der Waals surface area (Å²) in [7, 11) is 0. The van der Waals surface area contributed by atoms with Crippen LogP contribution in [-0.2, 0) is 18.6 Å². The fourth-order valence-electron chi connectivity index (χ4n) is 1.13. The number of aryl methyl sites for hydroxylation is 2. The average molecular weight is 282 g/mol. The number of halogens is 3. The normalized spacial score (nSPS) is 7.08. The van der Waals surface area contributed by atoms with E-state index in [9.17, 15) is 0 Å². The molecule has 0 nitrogen and oxygen atoms in total. The zero-order valence-electron chi connectivity index (χ0n) is 8.25. The van der Waals surface area contributed by atoms with Crippen LogP contribution in [0.2, 0.25) is 0 Å². The molecule has 13 heavy (non-hydrogen) atoms. The molecule has 0 aromatic heterocycles. The third kappa shape index (κ3) is 5.29. The summed E-state index contributed by atoms with van der Waals surface area (Å²) in [6.45, 7) is 8.68. The molecule has 1 aromatic carbocycles. The summed E-state index contributed by atoms with van der Waals surface area (Å²) in [5.41, 5.74) is 5.75. The minimum atomic E-state index is 0. The van der Waals surface area contributed by atoms with Crippen LogP contribution in [0.4, 0.5) is 0 Å². The van der Waals surface area contributed by atoms with Gasteiger partial charge in [0.25, 0.3) is 0 Å². The van der Waals surface area contributed by atoms with Gasteiger partial charge in [-0.05, 0) is 0 Å². The van der Waals surface area contributed by atoms with Crippen molar-refractivity contribution in [2.75, 3.05) is 0 Å². The minimum Gasteiger partial charge on any atom is -0.199 e. The van der Waals surface area contributed by atoms with E-state index in [-0.39, 0.29) is 55.8 Å². The summed E-state index contributed by atoms with van der Waals surface area (Å²) < 4.78 is 0. The van der Waals surface area contributed by atoms with Gasteiger partial charge in [0.15, 0.2) is 0 Å². The van der Waals surface area contributed by atoms with E-state index in [0.717, 1.165) is 0 Å². The van der Waals surface area contributed by atoms with Crippen molar-refractivity contribution in [3.63, 3.8) is 0 Å². The second-order valence-corrected chi connectivity index (χ2v) is 2.76. The number of rotatable bonds is 0. The maximum atomic E-state index is 2.24. The van der Waals surface area contributed by atoms with Crippen molar-refractivity contribution < 1.29 is 18.6 Å². The fraction of sp³-hybridized carbons (Fsp3) is 0.444. The molecule has 0 amide bonds. The average Bonchev–Trinajstić information content (AvgIpc) is 1.98. The van der Waals surface area contributed by atoms with E-state index < -0.39 is 0 Å². The Morgan fingerprint density at radius 3 is 1.46 bits per heavy atom. The Kier molecular flexibility index (Phi) is 17.0. The summed E-state index contributed by atoms with van der Waals surface area (Å²) in [6, 6.07) is 2.24. The predicted molar refractivity (Wildman–Crippen MR) is 62.7 cm³/mol. The Labute approximate surface area is 111 Å². The van der Waals surface area contributed by atoms with Crippen molar-refractivity contribution >= 4 is 37.2 Å². The van der Waals surface area contributed by atoms with Gasteiger partial charge in [-0.15, -0.1) is 37.2 Å². The van der Waals surface area contributed by atoms with Crippen LogP contribution in [-0.4, -0.2) is 0 Å². The first kappa shape index (κ1) is 23.5. The first-order valence-electron chi connectivity index (χ1n) is 3.33. The van der Waals surface area contributed by atoms with Gasteiger partial charge >= 0.3 is 0 Å². The van der Waals surface area contributed by atoms with Gasteiger partial charge in [-0.25, -0.2) is 0 Å². The first-order chi connectivity index (χ1) is 4.13. The topological polar surface area (TPSA) is 0 Å². The second-order valence-electron chi connectivity index (χ2n) is 2.76. The largest absolute Gasteiger partial charge is 0.199 e. The van der Waals surface area contributed by atoms with Gasteiger partial charge < -0.3 is 0 Å². The van der Waals surface area contributed by atoms with E-state index in [1.54, 1.807) is 0 Å². The molecule has 79 valence electrons. The van der Waals surface area contributed by atoms with Crippen molar-refractivity contribution in [1.82, 2.24) is 0 Å². The summed E-state index contributed by atoms with van der Waals surface area (Å²) in [5, 5.41) is 0. The standard InChI is InChI=1S/C9H13.3ClH.V/c1-6-5-7(2)9(4)8(6)3;;;;/h5H,1-4H3;3*1H;/q-1;;;;. The Bertz CT molecular complexity index is 209. The third-order valence-electron chi connectivity index (χ3n) is 2.18. The van der Waals surface area contributed by atoms with Crippen molar-refractivity contribution in [2.24, 2.45) is 0 Å². The Morgan fingerprint density at radius 1 is 1.00 bits per heavy atom. The number of hydrogen-bond donors (Lipinski definition) is 0. The third-order valence-corrected chi connectivity index (χ3v) is 2.18. The van der Waals surface area contributed by atoms with Gasteiger partial charge in [0.1, 0.15) is 0 Å². The van der Waals surface area contributed by atoms with Crippen molar-refractivity contribution in [2.45, 2.75) is 27.7 Å². The molecule has 0 aliphatic heterocycles. The smallest absolute Gasteiger partial charge is 0 e. The van der Waals surface area contributed by atoms with Gasteiger partial charge in [-0.1, -0.05) is 27.7 Å². The zero-order valence-corrected chi connectivity index (χ0v) is 12.1. The molecule has 0 saturated carbocycles. The maximum absolute atomic E-state index is 2.24. The molecule has 1 radical (unpaired) electrons. The van der Waals surface area contributed by atoms with Crippen LogP contribution in [0.5, 0.6) is 0 Å². The maximum Gasteiger partial charge on any atom is 0 e. The molecular formula is C9H16Cl3V-. The van der Waals surface area contributed by atoms with E-state index >= 15 is 0 Å². The Balaban J connectivity index is -0.000000101. The van der Waals surface area contributed by atoms with E-state index in [2.05, 4.69) is 33.8 Å². The van der Waals surface area contributed by atoms with Crippen molar-refractivity contribution in [3.8, 4) is 0 Å². The number of hydrogen-bond acceptors (Lipinski definition) is 0. The monoisotopic (exact) mass is 280 g/mol. The Morgan fingerprint density at radius 2 is 1.38 bits per heavy atom. The van der Waals surface area contributed by atoms with Gasteiger partial charge in [-0.2, -0.15) is 28.3 Å². The molecule has 1 rings (SSSR count). The van der Waals surface area contributed by atoms with Crippen LogP contribution in [0.1, 0.15) is 22.3 Å². The SMILES string of the molecule is Cc1c[c-](C)c(C)c1C.Cl.Cl.Cl.[V]. The van der Waals surface area contributed by atoms with Crippen molar-refractivity contribution in [1.29, 1.82) is 0 Å². The van der Waals surface area contributed by atoms with E-state index in [4.69, 9.17) is 0 Å². The zero-order chi connectivity index (χ0) is 7.02. The second kappa shape index (κ2) is 9.36. The predicted octanol–water partition coefficient (Wildman–Crippen LogP) is 3.90. The Hall–Kier alpha value is 0.804. The van der Waals surface area contributed by atoms with Crippen LogP contribution in [0, 0.1) is 27.7 Å². The molecule has 0 unspecified atom stereocenters. The summed E-state index contributed by atoms with van der Waals surface area (Å²) in [4.78, 5) is 0. The first-order valence-corrected chi connectivity index (χ1v) is 3.33. The van der Waals surface area contributed by atoms with Gasteiger partial charge in [0.2, 0.25) is 0 Å². The molecule has 0 bridgehead atoms. The molecule has 1 aromatic rings. The molecule has 4 heteroatoms. The van der Waals surface area contributed by atoms with Crippen LogP contribution in [0.25, 0.3) is 0 Å². The van der Waals surface area contributed by atoms with Crippen LogP contribution < -0.4 is 0 Å². The van der Waals surface area contributed by atoms with Crippen LogP contribution in [0.15, 0.2) is 6.07 Å². The van der Waals surface area contributed by atoms with Gasteiger partial charge in [-0.3, -0.25) is 0 Å². The molecular weight excluding hydrogens is 265 g/mol. The quantitative estimate of drug-likeness (QED) is 0.633. The molecule has 0 heterocycles. The molecule has 0 aliphatic rings. The van der Waals surface area contributed by atoms with Crippen LogP contribution >= 0.6 is 37.2 Å². The summed E-state index contributed by atoms with van der Waals surface area (Å²) in [5.74, 6) is 0. The molecule has 0 spiro atoms. The summed E-state index contributed by atoms with van der Waals surface area (Å²) >= 11 is 0. The van der Waals surface area contributed by atoms with Crippen molar-refractivity contribution in [3.05, 3.63) is 28.3 Å². The molecule has 0 aliphatic carbocycles. The minimum absolute atomic E-state index is 0.